The molecule has 25 heavy (non-hydrogen) atoms. The van der Waals surface area contributed by atoms with Gasteiger partial charge in [0.15, 0.2) is 0 Å². The summed E-state index contributed by atoms with van der Waals surface area (Å²) in [6.07, 6.45) is 1.17. The minimum absolute atomic E-state index is 0.0374. The number of piperidine rings is 1. The maximum absolute atomic E-state index is 13.8. The van der Waals surface area contributed by atoms with Gasteiger partial charge in [0.25, 0.3) is 0 Å². The van der Waals surface area contributed by atoms with Crippen molar-refractivity contribution in [1.29, 1.82) is 0 Å². The van der Waals surface area contributed by atoms with Crippen LogP contribution in [-0.4, -0.2) is 60.9 Å². The van der Waals surface area contributed by atoms with E-state index in [2.05, 4.69) is 0 Å². The number of carboxylic acid groups (broad SMARTS) is 1. The van der Waals surface area contributed by atoms with E-state index in [1.54, 1.807) is 13.8 Å². The first-order valence-electron chi connectivity index (χ1n) is 8.39. The Balaban J connectivity index is 2.12. The van der Waals surface area contributed by atoms with Gasteiger partial charge in [0.1, 0.15) is 5.82 Å². The second-order valence-corrected chi connectivity index (χ2v) is 8.40. The van der Waals surface area contributed by atoms with E-state index < -0.39 is 16.0 Å². The van der Waals surface area contributed by atoms with Crippen LogP contribution < -0.4 is 0 Å². The summed E-state index contributed by atoms with van der Waals surface area (Å²) in [6, 6.07) is 2.79. The van der Waals surface area contributed by atoms with E-state index in [1.807, 2.05) is 11.8 Å². The molecule has 6 nitrogen and oxygen atoms in total. The average Bonchev–Trinajstić information content (AvgIpc) is 2.57. The Morgan fingerprint density at radius 1 is 1.28 bits per heavy atom. The molecule has 0 spiro atoms. The van der Waals surface area contributed by atoms with Gasteiger partial charge in [-0.1, -0.05) is 6.92 Å². The van der Waals surface area contributed by atoms with Crippen molar-refractivity contribution in [3.63, 3.8) is 0 Å². The second kappa shape index (κ2) is 7.80. The van der Waals surface area contributed by atoms with Crippen LogP contribution in [0.1, 0.15) is 30.9 Å². The van der Waals surface area contributed by atoms with Gasteiger partial charge < -0.3 is 5.11 Å². The average molecular weight is 372 g/mol. The Morgan fingerprint density at radius 2 is 1.80 bits per heavy atom. The molecule has 1 aromatic carbocycles. The van der Waals surface area contributed by atoms with Crippen molar-refractivity contribution in [3.8, 4) is 0 Å². The number of hydrogen-bond acceptors (Lipinski definition) is 4. The van der Waals surface area contributed by atoms with Crippen molar-refractivity contribution >= 4 is 16.0 Å². The second-order valence-electron chi connectivity index (χ2n) is 6.46. The van der Waals surface area contributed by atoms with Crippen molar-refractivity contribution in [2.45, 2.75) is 44.6 Å². The molecule has 1 aliphatic heterocycles. The summed E-state index contributed by atoms with van der Waals surface area (Å²) < 4.78 is 40.8. The zero-order valence-corrected chi connectivity index (χ0v) is 15.6. The predicted molar refractivity (Wildman–Crippen MR) is 92.5 cm³/mol. The molecule has 0 amide bonds. The number of carbonyl (C=O) groups is 1. The molecule has 0 unspecified atom stereocenters. The monoisotopic (exact) mass is 372 g/mol. The van der Waals surface area contributed by atoms with Gasteiger partial charge >= 0.3 is 5.97 Å². The topological polar surface area (TPSA) is 77.9 Å². The summed E-state index contributed by atoms with van der Waals surface area (Å²) in [6.45, 7) is 6.24. The van der Waals surface area contributed by atoms with Crippen LogP contribution in [0.2, 0.25) is 0 Å². The Labute approximate surface area is 148 Å². The van der Waals surface area contributed by atoms with Crippen LogP contribution in [0.3, 0.4) is 0 Å². The van der Waals surface area contributed by atoms with Crippen molar-refractivity contribution in [2.75, 3.05) is 26.2 Å². The molecule has 0 saturated carbocycles. The lowest BCUT2D eigenvalue weighted by atomic mass is 10.0. The van der Waals surface area contributed by atoms with Crippen LogP contribution in [0.5, 0.6) is 0 Å². The molecule has 0 bridgehead atoms. The van der Waals surface area contributed by atoms with Gasteiger partial charge in [-0.25, -0.2) is 12.8 Å². The third-order valence-electron chi connectivity index (χ3n) is 4.73. The van der Waals surface area contributed by atoms with E-state index in [0.717, 1.165) is 0 Å². The number of nitrogens with zero attached hydrogens (tertiary/aromatic N) is 2. The summed E-state index contributed by atoms with van der Waals surface area (Å²) in [5.74, 6) is -1.26. The van der Waals surface area contributed by atoms with Crippen LogP contribution in [-0.2, 0) is 14.8 Å². The first-order valence-corrected chi connectivity index (χ1v) is 9.83. The fourth-order valence-corrected chi connectivity index (χ4v) is 4.97. The molecule has 1 saturated heterocycles. The van der Waals surface area contributed by atoms with E-state index in [0.29, 0.717) is 43.6 Å². The Morgan fingerprint density at radius 3 is 2.24 bits per heavy atom. The third-order valence-corrected chi connectivity index (χ3v) is 6.61. The van der Waals surface area contributed by atoms with Crippen molar-refractivity contribution in [3.05, 3.63) is 29.1 Å². The van der Waals surface area contributed by atoms with Crippen LogP contribution in [0.15, 0.2) is 17.0 Å². The quantitative estimate of drug-likeness (QED) is 0.826. The molecular formula is C17H25FN2O4S. The lowest BCUT2D eigenvalue weighted by Gasteiger charge is -2.36. The standard InChI is InChI=1S/C17H25FN2O4S/c1-4-19(11-16(21)22)14-5-7-20(8-6-14)25(23,24)15-9-12(2)17(18)13(3)10-15/h9-10,14H,4-8,11H2,1-3H3,(H,21,22). The maximum Gasteiger partial charge on any atom is 0.317 e. The molecule has 0 radical (unpaired) electrons. The van der Waals surface area contributed by atoms with Gasteiger partial charge in [-0.3, -0.25) is 9.69 Å². The molecule has 0 aromatic heterocycles. The van der Waals surface area contributed by atoms with E-state index in [1.165, 1.54) is 16.4 Å². The molecule has 2 rings (SSSR count). The third kappa shape index (κ3) is 4.37. The van der Waals surface area contributed by atoms with Crippen LogP contribution >= 0.6 is 0 Å². The smallest absolute Gasteiger partial charge is 0.317 e. The maximum atomic E-state index is 13.8. The van der Waals surface area contributed by atoms with Gasteiger partial charge in [-0.15, -0.1) is 0 Å². The van der Waals surface area contributed by atoms with Gasteiger partial charge in [0.2, 0.25) is 10.0 Å². The normalized spacial score (nSPS) is 17.2. The minimum Gasteiger partial charge on any atom is -0.480 e. The number of carboxylic acids is 1. The van der Waals surface area contributed by atoms with Gasteiger partial charge in [0, 0.05) is 19.1 Å². The van der Waals surface area contributed by atoms with Gasteiger partial charge in [-0.05, 0) is 56.5 Å². The minimum atomic E-state index is -3.67. The van der Waals surface area contributed by atoms with Crippen LogP contribution in [0.4, 0.5) is 4.39 Å². The Kier molecular flexibility index (Phi) is 6.18. The molecule has 1 N–H and O–H groups in total. The number of sulfonamides is 1. The summed E-state index contributed by atoms with van der Waals surface area (Å²) in [4.78, 5) is 12.9. The highest BCUT2D eigenvalue weighted by Gasteiger charge is 2.32. The molecule has 0 atom stereocenters. The number of aryl methyl sites for hydroxylation is 2. The summed E-state index contributed by atoms with van der Waals surface area (Å²) in [7, 11) is -3.67. The largest absolute Gasteiger partial charge is 0.480 e. The first kappa shape index (κ1) is 19.8. The number of rotatable bonds is 6. The number of benzene rings is 1. The highest BCUT2D eigenvalue weighted by molar-refractivity contribution is 7.89. The molecular weight excluding hydrogens is 347 g/mol. The van der Waals surface area contributed by atoms with Crippen molar-refractivity contribution < 1.29 is 22.7 Å². The van der Waals surface area contributed by atoms with E-state index in [9.17, 15) is 17.6 Å². The van der Waals surface area contributed by atoms with E-state index in [4.69, 9.17) is 5.11 Å². The number of hydrogen-bond donors (Lipinski definition) is 1. The number of aliphatic carboxylic acids is 1. The van der Waals surface area contributed by atoms with E-state index >= 15 is 0 Å². The Bertz CT molecular complexity index is 720. The summed E-state index contributed by atoms with van der Waals surface area (Å²) in [5.41, 5.74) is 0.624. The molecule has 1 fully saturated rings. The van der Waals surface area contributed by atoms with Crippen molar-refractivity contribution in [1.82, 2.24) is 9.21 Å². The molecule has 140 valence electrons. The lowest BCUT2D eigenvalue weighted by Crippen LogP contribution is -2.48. The zero-order chi connectivity index (χ0) is 18.8. The SMILES string of the molecule is CCN(CC(=O)O)C1CCN(S(=O)(=O)c2cc(C)c(F)c(C)c2)CC1. The fraction of sp³-hybridized carbons (Fsp3) is 0.588. The van der Waals surface area contributed by atoms with Crippen molar-refractivity contribution in [2.24, 2.45) is 0 Å². The predicted octanol–water partition coefficient (Wildman–Crippen LogP) is 2.00. The molecule has 1 aliphatic rings. The highest BCUT2D eigenvalue weighted by Crippen LogP contribution is 2.25. The summed E-state index contributed by atoms with van der Waals surface area (Å²) in [5, 5.41) is 8.97. The number of likely N-dealkylation sites (N-methyl/N-ethyl adjacent to an activating group) is 1. The number of halogens is 1. The zero-order valence-electron chi connectivity index (χ0n) is 14.8. The first-order chi connectivity index (χ1) is 11.7. The highest BCUT2D eigenvalue weighted by atomic mass is 32.2. The Hall–Kier alpha value is -1.51. The summed E-state index contributed by atoms with van der Waals surface area (Å²) >= 11 is 0. The van der Waals surface area contributed by atoms with Gasteiger partial charge in [0.05, 0.1) is 11.4 Å². The fourth-order valence-electron chi connectivity index (χ4n) is 3.32. The van der Waals surface area contributed by atoms with Crippen LogP contribution in [0.25, 0.3) is 0 Å². The molecule has 0 aliphatic carbocycles. The lowest BCUT2D eigenvalue weighted by molar-refractivity contribution is -0.139. The van der Waals surface area contributed by atoms with Gasteiger partial charge in [-0.2, -0.15) is 4.31 Å². The molecule has 1 heterocycles. The van der Waals surface area contributed by atoms with Crippen LogP contribution in [0, 0.1) is 19.7 Å². The molecule has 8 heteroatoms. The van der Waals surface area contributed by atoms with E-state index in [-0.39, 0.29) is 23.3 Å². The molecule has 1 aromatic rings.